The third-order valence-electron chi connectivity index (χ3n) is 1.76. The second-order valence-corrected chi connectivity index (χ2v) is 3.88. The van der Waals surface area contributed by atoms with Crippen molar-refractivity contribution in [3.05, 3.63) is 36.6 Å². The molecule has 1 aliphatic heterocycles. The van der Waals surface area contributed by atoms with E-state index in [9.17, 15) is 4.79 Å². The van der Waals surface area contributed by atoms with Crippen molar-refractivity contribution in [1.29, 1.82) is 0 Å². The Hall–Kier alpha value is -1.16. The number of allylic oxidation sites excluding steroid dienone is 2. The first-order valence-electron chi connectivity index (χ1n) is 4.12. The summed E-state index contributed by atoms with van der Waals surface area (Å²) in [6, 6.07) is -0.0406. The Kier molecular flexibility index (Phi) is 2.40. The number of amides is 2. The van der Waals surface area contributed by atoms with Gasteiger partial charge in [0.05, 0.1) is 5.25 Å². The van der Waals surface area contributed by atoms with Crippen LogP contribution in [0.5, 0.6) is 0 Å². The molecule has 1 heterocycles. The number of rotatable bonds is 2. The molecule has 0 unspecified atom stereocenters. The molecule has 0 radical (unpaired) electrons. The average Bonchev–Trinajstić information content (AvgIpc) is 2.61. The van der Waals surface area contributed by atoms with Crippen LogP contribution < -0.4 is 5.32 Å². The highest BCUT2D eigenvalue weighted by Gasteiger charge is 2.17. The molecule has 1 N–H and O–H groups in total. The summed E-state index contributed by atoms with van der Waals surface area (Å²) in [7, 11) is 0. The zero-order valence-electron chi connectivity index (χ0n) is 7.01. The highest BCUT2D eigenvalue weighted by Crippen LogP contribution is 2.23. The first-order valence-corrected chi connectivity index (χ1v) is 4.95. The molecule has 0 saturated carbocycles. The number of hydrogen-bond acceptors (Lipinski definition) is 2. The molecule has 2 rings (SSSR count). The summed E-state index contributed by atoms with van der Waals surface area (Å²) in [6.07, 6.45) is 11.8. The Labute approximate surface area is 81.3 Å². The van der Waals surface area contributed by atoms with Crippen LogP contribution in [0, 0.1) is 0 Å². The van der Waals surface area contributed by atoms with E-state index in [2.05, 4.69) is 17.5 Å². The number of nitrogens with zero attached hydrogens (tertiary/aromatic N) is 1. The summed E-state index contributed by atoms with van der Waals surface area (Å²) >= 11 is 1.50. The van der Waals surface area contributed by atoms with Gasteiger partial charge in [0.2, 0.25) is 0 Å². The first kappa shape index (κ1) is 8.44. The smallest absolute Gasteiger partial charge is 0.331 e. The van der Waals surface area contributed by atoms with E-state index in [-0.39, 0.29) is 11.3 Å². The van der Waals surface area contributed by atoms with Crippen LogP contribution >= 0.6 is 11.9 Å². The van der Waals surface area contributed by atoms with E-state index in [1.54, 1.807) is 4.31 Å². The van der Waals surface area contributed by atoms with Crippen LogP contribution in [0.25, 0.3) is 0 Å². The lowest BCUT2D eigenvalue weighted by Crippen LogP contribution is -2.36. The van der Waals surface area contributed by atoms with E-state index in [0.717, 1.165) is 0 Å². The van der Waals surface area contributed by atoms with Gasteiger partial charge in [0.25, 0.3) is 0 Å². The van der Waals surface area contributed by atoms with E-state index < -0.39 is 0 Å². The molecule has 0 atom stereocenters. The van der Waals surface area contributed by atoms with Gasteiger partial charge in [-0.05, 0) is 18.0 Å². The van der Waals surface area contributed by atoms with Gasteiger partial charge in [0, 0.05) is 12.7 Å². The average molecular weight is 194 g/mol. The minimum absolute atomic E-state index is 0.0406. The number of urea groups is 1. The van der Waals surface area contributed by atoms with E-state index in [0.29, 0.717) is 6.54 Å². The third-order valence-corrected chi connectivity index (χ3v) is 2.83. The number of carbonyl (C=O) groups is 1. The molecule has 3 nitrogen and oxygen atoms in total. The van der Waals surface area contributed by atoms with Crippen molar-refractivity contribution in [2.75, 3.05) is 6.54 Å². The Bertz CT molecular complexity index is 284. The lowest BCUT2D eigenvalue weighted by molar-refractivity contribution is 0.233. The van der Waals surface area contributed by atoms with Crippen LogP contribution in [0.4, 0.5) is 4.79 Å². The van der Waals surface area contributed by atoms with Gasteiger partial charge in [-0.3, -0.25) is 0 Å². The minimum Gasteiger partial charge on any atom is -0.333 e. The van der Waals surface area contributed by atoms with Gasteiger partial charge in [-0.25, -0.2) is 9.10 Å². The Morgan fingerprint density at radius 3 is 2.92 bits per heavy atom. The summed E-state index contributed by atoms with van der Waals surface area (Å²) < 4.78 is 1.62. The molecule has 0 saturated heterocycles. The first-order chi connectivity index (χ1) is 6.36. The van der Waals surface area contributed by atoms with Gasteiger partial charge in [0.15, 0.2) is 0 Å². The normalized spacial score (nSPS) is 21.2. The fraction of sp³-hybridized carbons (Fsp3) is 0.222. The Morgan fingerprint density at radius 2 is 2.23 bits per heavy atom. The van der Waals surface area contributed by atoms with E-state index >= 15 is 0 Å². The highest BCUT2D eigenvalue weighted by molar-refractivity contribution is 7.98. The van der Waals surface area contributed by atoms with Crippen molar-refractivity contribution in [2.24, 2.45) is 0 Å². The maximum atomic E-state index is 11.3. The number of carbonyl (C=O) groups excluding carboxylic acids is 1. The molecule has 0 aromatic carbocycles. The largest absolute Gasteiger partial charge is 0.333 e. The molecule has 4 heteroatoms. The fourth-order valence-electron chi connectivity index (χ4n) is 1.14. The lowest BCUT2D eigenvalue weighted by Gasteiger charge is -2.22. The van der Waals surface area contributed by atoms with Crippen molar-refractivity contribution in [2.45, 2.75) is 5.25 Å². The van der Waals surface area contributed by atoms with Crippen molar-refractivity contribution >= 4 is 18.0 Å². The predicted molar refractivity (Wildman–Crippen MR) is 54.0 cm³/mol. The molecule has 0 spiro atoms. The van der Waals surface area contributed by atoms with Crippen molar-refractivity contribution in [3.63, 3.8) is 0 Å². The quantitative estimate of drug-likeness (QED) is 0.678. The van der Waals surface area contributed by atoms with Crippen LogP contribution in [0.1, 0.15) is 0 Å². The van der Waals surface area contributed by atoms with Gasteiger partial charge in [-0.15, -0.1) is 0 Å². The highest BCUT2D eigenvalue weighted by atomic mass is 32.2. The standard InChI is InChI=1S/C9H10N2OS/c12-9-10-6-3-7-11(9)13-8-4-1-2-5-8/h1-5,7-8H,6H2,(H,10,12). The summed E-state index contributed by atoms with van der Waals surface area (Å²) in [4.78, 5) is 11.3. The van der Waals surface area contributed by atoms with Crippen LogP contribution in [0.3, 0.4) is 0 Å². The third kappa shape index (κ3) is 1.95. The van der Waals surface area contributed by atoms with Gasteiger partial charge < -0.3 is 5.32 Å². The summed E-state index contributed by atoms with van der Waals surface area (Å²) in [5.41, 5.74) is 0. The summed E-state index contributed by atoms with van der Waals surface area (Å²) in [5.74, 6) is 0. The van der Waals surface area contributed by atoms with Crippen molar-refractivity contribution < 1.29 is 4.79 Å². The SMILES string of the molecule is O=C1NCC=CN1SC1C=CC=C1. The second-order valence-electron chi connectivity index (χ2n) is 2.74. The fourth-order valence-corrected chi connectivity index (χ4v) is 2.04. The van der Waals surface area contributed by atoms with Gasteiger partial charge in [0.1, 0.15) is 0 Å². The van der Waals surface area contributed by atoms with Gasteiger partial charge in [-0.2, -0.15) is 0 Å². The summed E-state index contributed by atoms with van der Waals surface area (Å²) in [6.45, 7) is 0.631. The van der Waals surface area contributed by atoms with Crippen LogP contribution in [0.2, 0.25) is 0 Å². The molecule has 0 bridgehead atoms. The molecule has 2 amide bonds. The second kappa shape index (κ2) is 3.70. The van der Waals surface area contributed by atoms with Crippen LogP contribution in [-0.2, 0) is 0 Å². The molecule has 13 heavy (non-hydrogen) atoms. The van der Waals surface area contributed by atoms with E-state index in [1.807, 2.05) is 24.4 Å². The van der Waals surface area contributed by atoms with Crippen molar-refractivity contribution in [3.8, 4) is 0 Å². The number of nitrogens with one attached hydrogen (secondary N) is 1. The zero-order valence-corrected chi connectivity index (χ0v) is 7.83. The minimum atomic E-state index is -0.0406. The van der Waals surface area contributed by atoms with Gasteiger partial charge in [-0.1, -0.05) is 24.3 Å². The molecule has 2 aliphatic rings. The molecule has 0 aromatic rings. The zero-order chi connectivity index (χ0) is 9.10. The molecule has 0 aromatic heterocycles. The number of hydrogen-bond donors (Lipinski definition) is 1. The Morgan fingerprint density at radius 1 is 1.46 bits per heavy atom. The topological polar surface area (TPSA) is 32.3 Å². The van der Waals surface area contributed by atoms with Crippen LogP contribution in [-0.4, -0.2) is 22.1 Å². The molecular formula is C9H10N2OS. The summed E-state index contributed by atoms with van der Waals surface area (Å²) in [5, 5.41) is 3.02. The molecule has 68 valence electrons. The van der Waals surface area contributed by atoms with Crippen LogP contribution in [0.15, 0.2) is 36.6 Å². The monoisotopic (exact) mass is 194 g/mol. The lowest BCUT2D eigenvalue weighted by atomic mass is 10.5. The molecule has 0 fully saturated rings. The van der Waals surface area contributed by atoms with E-state index in [1.165, 1.54) is 11.9 Å². The van der Waals surface area contributed by atoms with E-state index in [4.69, 9.17) is 0 Å². The Balaban J connectivity index is 1.96. The maximum Gasteiger partial charge on any atom is 0.331 e. The molecular weight excluding hydrogens is 184 g/mol. The van der Waals surface area contributed by atoms with Crippen molar-refractivity contribution in [1.82, 2.24) is 9.62 Å². The van der Waals surface area contributed by atoms with Gasteiger partial charge >= 0.3 is 6.03 Å². The predicted octanol–water partition coefficient (Wildman–Crippen LogP) is 1.67. The maximum absolute atomic E-state index is 11.3. The molecule has 1 aliphatic carbocycles.